The number of benzene rings is 2. The fourth-order valence-corrected chi connectivity index (χ4v) is 7.85. The van der Waals surface area contributed by atoms with Crippen LogP contribution in [0.1, 0.15) is 49.6 Å². The predicted octanol–water partition coefficient (Wildman–Crippen LogP) is 8.35. The molecule has 2 aromatic carbocycles. The van der Waals surface area contributed by atoms with Gasteiger partial charge in [-0.25, -0.2) is 0 Å². The van der Waals surface area contributed by atoms with E-state index in [2.05, 4.69) is 78.3 Å². The van der Waals surface area contributed by atoms with Gasteiger partial charge in [-0.15, -0.1) is 0 Å². The zero-order valence-corrected chi connectivity index (χ0v) is 23.6. The first-order chi connectivity index (χ1) is 17.6. The molecule has 0 bridgehead atoms. The first-order valence-electron chi connectivity index (χ1n) is 13.0. The van der Waals surface area contributed by atoms with Crippen LogP contribution in [0.4, 0.5) is 0 Å². The molecule has 0 N–H and O–H groups in total. The third-order valence-electron chi connectivity index (χ3n) is 6.14. The van der Waals surface area contributed by atoms with Crippen LogP contribution in [-0.2, 0) is 24.7 Å². The molecule has 4 rings (SSSR count). The summed E-state index contributed by atoms with van der Waals surface area (Å²) in [6, 6.07) is 15.8. The minimum Gasteiger partial charge on any atom is -0.310 e. The third kappa shape index (κ3) is 6.29. The second kappa shape index (κ2) is 13.0. The zero-order valence-electron chi connectivity index (χ0n) is 22.0. The number of aryl methyl sites for hydroxylation is 1. The van der Waals surface area contributed by atoms with Crippen LogP contribution in [0.2, 0.25) is 0 Å². The molecule has 3 aromatic rings. The molecular weight excluding hydrogens is 486 g/mol. The van der Waals surface area contributed by atoms with Crippen molar-refractivity contribution in [2.75, 3.05) is 31.3 Å². The zero-order chi connectivity index (χ0) is 25.4. The number of allylic oxidation sites excluding steroid dienone is 3. The van der Waals surface area contributed by atoms with Crippen molar-refractivity contribution >= 4 is 39.6 Å². The summed E-state index contributed by atoms with van der Waals surface area (Å²) in [7, 11) is -1.89. The topological polar surface area (TPSA) is 32.6 Å². The van der Waals surface area contributed by atoms with Crippen molar-refractivity contribution in [3.8, 4) is 5.69 Å². The Balaban J connectivity index is 1.49. The number of hydrogen-bond acceptors (Lipinski definition) is 4. The summed E-state index contributed by atoms with van der Waals surface area (Å²) in [5.41, 5.74) is 7.82. The summed E-state index contributed by atoms with van der Waals surface area (Å²) in [6.07, 6.45) is 10.8. The lowest BCUT2D eigenvalue weighted by molar-refractivity contribution is 0.185. The molecule has 0 saturated carbocycles. The standard InChI is InChI=1S/C30H39NO3S2/c1-5-32-36(33-6-2,34-7-3)21-11-20-35-23-25-16-19-30-28(22-25)27-12-9-8-10-13-29(27)31(30)26-17-14-24(4)15-18-26/h8-10,13-19,22H,5-7,11-12,20-21,23H2,1-4H3. The quantitative estimate of drug-likeness (QED) is 0.210. The molecular formula is C30H39NO3S2. The molecule has 6 heteroatoms. The van der Waals surface area contributed by atoms with Gasteiger partial charge in [0.15, 0.2) is 0 Å². The lowest BCUT2D eigenvalue weighted by Crippen LogP contribution is -2.17. The van der Waals surface area contributed by atoms with Crippen LogP contribution < -0.4 is 0 Å². The van der Waals surface area contributed by atoms with Crippen LogP contribution in [0.3, 0.4) is 0 Å². The van der Waals surface area contributed by atoms with E-state index in [9.17, 15) is 0 Å². The first kappa shape index (κ1) is 27.1. The Hall–Kier alpha value is -1.96. The van der Waals surface area contributed by atoms with Gasteiger partial charge < -0.3 is 4.57 Å². The van der Waals surface area contributed by atoms with E-state index in [-0.39, 0.29) is 0 Å². The van der Waals surface area contributed by atoms with Crippen molar-refractivity contribution in [2.45, 2.75) is 46.3 Å². The summed E-state index contributed by atoms with van der Waals surface area (Å²) in [5, 5.41) is 1.35. The second-order valence-electron chi connectivity index (χ2n) is 8.77. The molecule has 1 aromatic heterocycles. The molecule has 36 heavy (non-hydrogen) atoms. The van der Waals surface area contributed by atoms with Crippen LogP contribution in [0.5, 0.6) is 0 Å². The van der Waals surface area contributed by atoms with E-state index in [0.29, 0.717) is 19.8 Å². The van der Waals surface area contributed by atoms with Gasteiger partial charge in [0.25, 0.3) is 0 Å². The van der Waals surface area contributed by atoms with Crippen molar-refractivity contribution in [1.29, 1.82) is 0 Å². The van der Waals surface area contributed by atoms with Crippen LogP contribution >= 0.6 is 22.6 Å². The highest BCUT2D eigenvalue weighted by atomic mass is 32.3. The van der Waals surface area contributed by atoms with E-state index in [0.717, 1.165) is 30.1 Å². The SMILES string of the molecule is CCOS(CCCSCc1ccc2c(c1)c1c(n2-c2ccc(C)cc2)C=CC=CC1)(OCC)OCC. The highest BCUT2D eigenvalue weighted by Crippen LogP contribution is 2.52. The van der Waals surface area contributed by atoms with Crippen LogP contribution in [-0.4, -0.2) is 35.9 Å². The lowest BCUT2D eigenvalue weighted by Gasteiger charge is -2.36. The van der Waals surface area contributed by atoms with Crippen molar-refractivity contribution in [3.63, 3.8) is 0 Å². The van der Waals surface area contributed by atoms with Crippen LogP contribution in [0, 0.1) is 6.92 Å². The molecule has 0 unspecified atom stereocenters. The summed E-state index contributed by atoms with van der Waals surface area (Å²) in [5.74, 6) is 2.86. The molecule has 1 heterocycles. The van der Waals surface area contributed by atoms with Gasteiger partial charge in [0, 0.05) is 22.6 Å². The Labute approximate surface area is 222 Å². The van der Waals surface area contributed by atoms with Gasteiger partial charge in [-0.2, -0.15) is 11.8 Å². The smallest absolute Gasteiger partial charge is 0.0887 e. The molecule has 0 fully saturated rings. The van der Waals surface area contributed by atoms with Gasteiger partial charge in [-0.3, -0.25) is 12.5 Å². The van der Waals surface area contributed by atoms with Crippen molar-refractivity contribution in [3.05, 3.63) is 83.1 Å². The van der Waals surface area contributed by atoms with Crippen molar-refractivity contribution < 1.29 is 12.5 Å². The first-order valence-corrected chi connectivity index (χ1v) is 15.7. The molecule has 0 saturated heterocycles. The number of fused-ring (bicyclic) bond motifs is 3. The fraction of sp³-hybridized carbons (Fsp3) is 0.400. The monoisotopic (exact) mass is 525 g/mol. The lowest BCUT2D eigenvalue weighted by atomic mass is 10.1. The van der Waals surface area contributed by atoms with E-state index >= 15 is 0 Å². The number of nitrogens with zero attached hydrogens (tertiary/aromatic N) is 1. The number of thioether (sulfide) groups is 1. The predicted molar refractivity (Wildman–Crippen MR) is 158 cm³/mol. The molecule has 0 radical (unpaired) electrons. The molecule has 194 valence electrons. The fourth-order valence-electron chi connectivity index (χ4n) is 4.63. The van der Waals surface area contributed by atoms with Crippen LogP contribution in [0.15, 0.2) is 60.7 Å². The Morgan fingerprint density at radius 2 is 1.64 bits per heavy atom. The Kier molecular flexibility index (Phi) is 9.80. The van der Waals surface area contributed by atoms with E-state index in [4.69, 9.17) is 12.5 Å². The highest BCUT2D eigenvalue weighted by Gasteiger charge is 2.25. The number of rotatable bonds is 13. The molecule has 4 nitrogen and oxygen atoms in total. The maximum atomic E-state index is 5.95. The molecule has 1 aliphatic carbocycles. The number of hydrogen-bond donors (Lipinski definition) is 0. The average Bonchev–Trinajstić information content (AvgIpc) is 3.00. The van der Waals surface area contributed by atoms with Crippen molar-refractivity contribution in [2.24, 2.45) is 0 Å². The molecule has 0 aliphatic heterocycles. The minimum absolute atomic E-state index is 0.611. The average molecular weight is 526 g/mol. The van der Waals surface area contributed by atoms with Gasteiger partial charge in [-0.05, 0) is 87.8 Å². The maximum Gasteiger partial charge on any atom is 0.0887 e. The van der Waals surface area contributed by atoms with Gasteiger partial charge in [0.2, 0.25) is 0 Å². The maximum absolute atomic E-state index is 5.95. The molecule has 0 atom stereocenters. The normalized spacial score (nSPS) is 13.8. The molecule has 0 amide bonds. The van der Waals surface area contributed by atoms with E-state index < -0.39 is 10.9 Å². The Bertz CT molecular complexity index is 1180. The summed E-state index contributed by atoms with van der Waals surface area (Å²) >= 11 is 1.97. The van der Waals surface area contributed by atoms with Crippen LogP contribution in [0.25, 0.3) is 22.7 Å². The summed E-state index contributed by atoms with van der Waals surface area (Å²) in [4.78, 5) is 0. The van der Waals surface area contributed by atoms with Gasteiger partial charge in [0.1, 0.15) is 0 Å². The van der Waals surface area contributed by atoms with Gasteiger partial charge in [0.05, 0.1) is 41.9 Å². The highest BCUT2D eigenvalue weighted by molar-refractivity contribution is 8.21. The Morgan fingerprint density at radius 1 is 0.917 bits per heavy atom. The van der Waals surface area contributed by atoms with E-state index in [1.807, 2.05) is 32.5 Å². The van der Waals surface area contributed by atoms with Crippen molar-refractivity contribution in [1.82, 2.24) is 4.57 Å². The summed E-state index contributed by atoms with van der Waals surface area (Å²) in [6.45, 7) is 9.98. The van der Waals surface area contributed by atoms with Gasteiger partial charge in [-0.1, -0.05) is 42.0 Å². The Morgan fingerprint density at radius 3 is 2.33 bits per heavy atom. The third-order valence-corrected chi connectivity index (χ3v) is 9.82. The number of aromatic nitrogens is 1. The summed E-state index contributed by atoms with van der Waals surface area (Å²) < 4.78 is 20.2. The largest absolute Gasteiger partial charge is 0.310 e. The van der Waals surface area contributed by atoms with Gasteiger partial charge >= 0.3 is 0 Å². The van der Waals surface area contributed by atoms with E-state index in [1.165, 1.54) is 39.0 Å². The molecule has 0 spiro atoms. The van der Waals surface area contributed by atoms with E-state index in [1.54, 1.807) is 0 Å². The second-order valence-corrected chi connectivity index (χ2v) is 12.1. The minimum atomic E-state index is -1.89. The molecule has 1 aliphatic rings.